The van der Waals surface area contributed by atoms with Crippen molar-refractivity contribution in [3.63, 3.8) is 0 Å². The van der Waals surface area contributed by atoms with Gasteiger partial charge in [0.1, 0.15) is 5.84 Å². The lowest BCUT2D eigenvalue weighted by atomic mass is 9.87. The molecule has 0 saturated carbocycles. The highest BCUT2D eigenvalue weighted by Crippen LogP contribution is 2.37. The SMILES string of the molecule is CNC1=C(C(=N)N2CCN(C(=O)[C@@H](c3cccc(C(F)(F)F)c3)[C@@H]3CCC(C)(C)N3)CC2)[C@H](C)CC1. The Labute approximate surface area is 211 Å². The third-order valence-electron chi connectivity index (χ3n) is 8.01. The minimum atomic E-state index is -4.46. The lowest BCUT2D eigenvalue weighted by Gasteiger charge is -2.39. The molecule has 1 aromatic rings. The van der Waals surface area contributed by atoms with Crippen molar-refractivity contribution >= 4 is 11.7 Å². The van der Waals surface area contributed by atoms with Crippen molar-refractivity contribution < 1.29 is 18.0 Å². The maximum absolute atomic E-state index is 13.9. The van der Waals surface area contributed by atoms with Gasteiger partial charge in [-0.25, -0.2) is 0 Å². The maximum Gasteiger partial charge on any atom is 0.416 e. The van der Waals surface area contributed by atoms with Crippen molar-refractivity contribution in [3.8, 4) is 0 Å². The smallest absolute Gasteiger partial charge is 0.391 e. The van der Waals surface area contributed by atoms with Crippen LogP contribution < -0.4 is 10.6 Å². The summed E-state index contributed by atoms with van der Waals surface area (Å²) in [4.78, 5) is 17.6. The Balaban J connectivity index is 1.52. The summed E-state index contributed by atoms with van der Waals surface area (Å²) >= 11 is 0. The third kappa shape index (κ3) is 5.41. The minimum Gasteiger partial charge on any atom is -0.391 e. The van der Waals surface area contributed by atoms with E-state index in [1.165, 1.54) is 6.07 Å². The normalized spacial score (nSPS) is 25.3. The lowest BCUT2D eigenvalue weighted by Crippen LogP contribution is -2.54. The van der Waals surface area contributed by atoms with Crippen LogP contribution in [-0.4, -0.2) is 66.4 Å². The first-order valence-corrected chi connectivity index (χ1v) is 12.9. The van der Waals surface area contributed by atoms with Gasteiger partial charge in [-0.1, -0.05) is 25.1 Å². The summed E-state index contributed by atoms with van der Waals surface area (Å²) in [5.74, 6) is 0.0142. The first kappa shape index (κ1) is 26.5. The van der Waals surface area contributed by atoms with E-state index in [4.69, 9.17) is 5.41 Å². The first-order chi connectivity index (χ1) is 16.9. The standard InChI is InChI=1S/C27H38F3N5O/c1-17-8-9-20(32-4)22(17)24(31)34-12-14-35(15-13-34)25(36)23(21-10-11-26(2,3)33-21)18-6-5-7-19(16-18)27(28,29)30/h5-7,16-17,21,23,31-33H,8-15H2,1-4H3/t17-,21+,23+/m1/s1. The van der Waals surface area contributed by atoms with Crippen LogP contribution in [0.25, 0.3) is 0 Å². The molecule has 36 heavy (non-hydrogen) atoms. The largest absolute Gasteiger partial charge is 0.416 e. The molecular formula is C27H38F3N5O. The number of nitrogens with zero attached hydrogens (tertiary/aromatic N) is 2. The Morgan fingerprint density at radius 2 is 1.83 bits per heavy atom. The fourth-order valence-corrected chi connectivity index (χ4v) is 5.96. The molecule has 6 nitrogen and oxygen atoms in total. The molecule has 0 aromatic heterocycles. The molecule has 3 N–H and O–H groups in total. The monoisotopic (exact) mass is 505 g/mol. The van der Waals surface area contributed by atoms with Gasteiger partial charge in [0.15, 0.2) is 0 Å². The van der Waals surface area contributed by atoms with Gasteiger partial charge in [0.05, 0.1) is 11.5 Å². The molecule has 3 aliphatic rings. The molecule has 2 saturated heterocycles. The van der Waals surface area contributed by atoms with E-state index in [0.29, 0.717) is 43.5 Å². The molecule has 0 bridgehead atoms. The highest BCUT2D eigenvalue weighted by molar-refractivity contribution is 5.97. The van der Waals surface area contributed by atoms with Crippen molar-refractivity contribution in [1.82, 2.24) is 20.4 Å². The molecule has 1 amide bonds. The molecule has 0 unspecified atom stereocenters. The molecule has 1 aromatic carbocycles. The van der Waals surface area contributed by atoms with Crippen LogP contribution >= 0.6 is 0 Å². The van der Waals surface area contributed by atoms with Gasteiger partial charge in [-0.3, -0.25) is 10.2 Å². The average Bonchev–Trinajstić information content (AvgIpc) is 3.39. The molecule has 2 aliphatic heterocycles. The number of alkyl halides is 3. The molecule has 198 valence electrons. The van der Waals surface area contributed by atoms with Crippen molar-refractivity contribution in [3.05, 3.63) is 46.7 Å². The summed E-state index contributed by atoms with van der Waals surface area (Å²) in [5, 5.41) is 15.5. The minimum absolute atomic E-state index is 0.139. The Morgan fingerprint density at radius 1 is 1.17 bits per heavy atom. The van der Waals surface area contributed by atoms with E-state index < -0.39 is 17.7 Å². The van der Waals surface area contributed by atoms with E-state index in [1.807, 2.05) is 11.9 Å². The summed E-state index contributed by atoms with van der Waals surface area (Å²) in [6, 6.07) is 5.00. The number of nitrogens with one attached hydrogen (secondary N) is 3. The zero-order chi connectivity index (χ0) is 26.3. The van der Waals surface area contributed by atoms with Crippen LogP contribution in [-0.2, 0) is 11.0 Å². The van der Waals surface area contributed by atoms with E-state index >= 15 is 0 Å². The molecule has 2 fully saturated rings. The lowest BCUT2D eigenvalue weighted by molar-refractivity contribution is -0.138. The van der Waals surface area contributed by atoms with Crippen molar-refractivity contribution in [2.75, 3.05) is 33.2 Å². The molecular weight excluding hydrogens is 467 g/mol. The average molecular weight is 506 g/mol. The number of carbonyl (C=O) groups excluding carboxylic acids is 1. The number of carbonyl (C=O) groups is 1. The molecule has 0 spiro atoms. The van der Waals surface area contributed by atoms with Gasteiger partial charge in [-0.05, 0) is 57.1 Å². The Kier molecular flexibility index (Phi) is 7.42. The summed E-state index contributed by atoms with van der Waals surface area (Å²) in [6.07, 6.45) is -0.918. The Bertz CT molecular complexity index is 1030. The van der Waals surface area contributed by atoms with Crippen LogP contribution in [0.2, 0.25) is 0 Å². The van der Waals surface area contributed by atoms with Crippen molar-refractivity contribution in [2.24, 2.45) is 5.92 Å². The second kappa shape index (κ2) is 10.1. The van der Waals surface area contributed by atoms with Crippen LogP contribution in [0.4, 0.5) is 13.2 Å². The highest BCUT2D eigenvalue weighted by Gasteiger charge is 2.42. The van der Waals surface area contributed by atoms with Gasteiger partial charge in [-0.2, -0.15) is 13.2 Å². The number of amides is 1. The molecule has 0 radical (unpaired) electrons. The Morgan fingerprint density at radius 3 is 2.42 bits per heavy atom. The quantitative estimate of drug-likeness (QED) is 0.411. The molecule has 1 aliphatic carbocycles. The van der Waals surface area contributed by atoms with Crippen LogP contribution in [0.15, 0.2) is 35.5 Å². The highest BCUT2D eigenvalue weighted by atomic mass is 19.4. The summed E-state index contributed by atoms with van der Waals surface area (Å²) < 4.78 is 40.4. The first-order valence-electron chi connectivity index (χ1n) is 12.9. The second-order valence-corrected chi connectivity index (χ2v) is 11.0. The number of piperazine rings is 1. The van der Waals surface area contributed by atoms with E-state index in [2.05, 4.69) is 31.4 Å². The van der Waals surface area contributed by atoms with Gasteiger partial charge in [0.2, 0.25) is 5.91 Å². The zero-order valence-corrected chi connectivity index (χ0v) is 21.6. The number of hydrogen-bond acceptors (Lipinski definition) is 4. The molecule has 4 rings (SSSR count). The van der Waals surface area contributed by atoms with E-state index in [-0.39, 0.29) is 17.5 Å². The van der Waals surface area contributed by atoms with Gasteiger partial charge < -0.3 is 20.4 Å². The second-order valence-electron chi connectivity index (χ2n) is 11.0. The van der Waals surface area contributed by atoms with E-state index in [1.54, 1.807) is 11.0 Å². The third-order valence-corrected chi connectivity index (χ3v) is 8.01. The van der Waals surface area contributed by atoms with Crippen molar-refractivity contribution in [1.29, 1.82) is 5.41 Å². The van der Waals surface area contributed by atoms with Crippen LogP contribution in [0.3, 0.4) is 0 Å². The maximum atomic E-state index is 13.9. The molecule has 2 heterocycles. The predicted molar refractivity (Wildman–Crippen MR) is 135 cm³/mol. The summed E-state index contributed by atoms with van der Waals surface area (Å²) in [6.45, 7) is 8.23. The molecule has 3 atom stereocenters. The fourth-order valence-electron chi connectivity index (χ4n) is 5.96. The summed E-state index contributed by atoms with van der Waals surface area (Å²) in [5.41, 5.74) is 1.67. The number of rotatable bonds is 5. The summed E-state index contributed by atoms with van der Waals surface area (Å²) in [7, 11) is 1.89. The van der Waals surface area contributed by atoms with Crippen molar-refractivity contribution in [2.45, 2.75) is 70.1 Å². The molecule has 9 heteroatoms. The van der Waals surface area contributed by atoms with E-state index in [0.717, 1.165) is 49.1 Å². The predicted octanol–water partition coefficient (Wildman–Crippen LogP) is 4.34. The van der Waals surface area contributed by atoms with Crippen LogP contribution in [0.5, 0.6) is 0 Å². The number of amidine groups is 1. The topological polar surface area (TPSA) is 71.5 Å². The number of hydrogen-bond donors (Lipinski definition) is 3. The number of allylic oxidation sites excluding steroid dienone is 1. The zero-order valence-electron chi connectivity index (χ0n) is 21.6. The van der Waals surface area contributed by atoms with Gasteiger partial charge in [0.25, 0.3) is 0 Å². The van der Waals surface area contributed by atoms with Crippen LogP contribution in [0.1, 0.15) is 63.5 Å². The van der Waals surface area contributed by atoms with Crippen LogP contribution in [0, 0.1) is 11.3 Å². The van der Waals surface area contributed by atoms with Gasteiger partial charge >= 0.3 is 6.18 Å². The number of halogens is 3. The van der Waals surface area contributed by atoms with Gasteiger partial charge in [-0.15, -0.1) is 0 Å². The Hall–Kier alpha value is -2.55. The number of benzene rings is 1. The van der Waals surface area contributed by atoms with Gasteiger partial charge in [0, 0.05) is 56.1 Å². The fraction of sp³-hybridized carbons (Fsp3) is 0.630. The van der Waals surface area contributed by atoms with E-state index in [9.17, 15) is 18.0 Å².